The zero-order valence-corrected chi connectivity index (χ0v) is 6.20. The highest BCUT2D eigenvalue weighted by Crippen LogP contribution is 2.07. The first-order valence-electron chi connectivity index (χ1n) is 3.11. The highest BCUT2D eigenvalue weighted by Gasteiger charge is 2.14. The van der Waals surface area contributed by atoms with Crippen molar-refractivity contribution in [1.29, 1.82) is 5.26 Å². The van der Waals surface area contributed by atoms with Crippen LogP contribution in [0.1, 0.15) is 13.3 Å². The summed E-state index contributed by atoms with van der Waals surface area (Å²) in [6.07, 6.45) is 0.652. The van der Waals surface area contributed by atoms with Crippen molar-refractivity contribution in [2.45, 2.75) is 19.4 Å². The summed E-state index contributed by atoms with van der Waals surface area (Å²) in [4.78, 5) is 10.2. The third kappa shape index (κ3) is 2.60. The monoisotopic (exact) mass is 141 g/mol. The van der Waals surface area contributed by atoms with Crippen molar-refractivity contribution < 1.29 is 9.53 Å². The maximum atomic E-state index is 10.2. The Morgan fingerprint density at radius 2 is 2.40 bits per heavy atom. The van der Waals surface area contributed by atoms with Crippen LogP contribution in [0, 0.1) is 17.2 Å². The molecule has 0 aliphatic carbocycles. The number of carbonyl (C=O) groups is 1. The van der Waals surface area contributed by atoms with Crippen LogP contribution in [0.2, 0.25) is 0 Å². The van der Waals surface area contributed by atoms with Crippen LogP contribution >= 0.6 is 0 Å². The molecule has 0 amide bonds. The third-order valence-corrected chi connectivity index (χ3v) is 1.38. The Balaban J connectivity index is 3.78. The van der Waals surface area contributed by atoms with Crippen molar-refractivity contribution in [1.82, 2.24) is 0 Å². The van der Waals surface area contributed by atoms with Gasteiger partial charge in [-0.1, -0.05) is 6.92 Å². The summed E-state index contributed by atoms with van der Waals surface area (Å²) < 4.78 is 4.79. The van der Waals surface area contributed by atoms with Crippen LogP contribution in [0.4, 0.5) is 0 Å². The summed E-state index contributed by atoms with van der Waals surface area (Å²) >= 11 is 0. The molecule has 2 unspecified atom stereocenters. The molecule has 0 aromatic carbocycles. The normalized spacial score (nSPS) is 15.3. The number of methoxy groups -OCH3 is 1. The largest absolute Gasteiger partial charge is 0.374 e. The minimum Gasteiger partial charge on any atom is -0.374 e. The van der Waals surface area contributed by atoms with Gasteiger partial charge >= 0.3 is 0 Å². The Labute approximate surface area is 60.6 Å². The summed E-state index contributed by atoms with van der Waals surface area (Å²) in [7, 11) is 1.47. The van der Waals surface area contributed by atoms with E-state index in [9.17, 15) is 4.79 Å². The highest BCUT2D eigenvalue weighted by molar-refractivity contribution is 5.56. The molecule has 0 heterocycles. The lowest BCUT2D eigenvalue weighted by atomic mass is 10.0. The van der Waals surface area contributed by atoms with Crippen LogP contribution < -0.4 is 0 Å². The number of aldehydes is 1. The zero-order valence-electron chi connectivity index (χ0n) is 6.20. The molecule has 3 nitrogen and oxygen atoms in total. The first-order chi connectivity index (χ1) is 4.76. The van der Waals surface area contributed by atoms with Gasteiger partial charge in [0.1, 0.15) is 12.4 Å². The maximum absolute atomic E-state index is 10.2. The molecule has 2 atom stereocenters. The zero-order chi connectivity index (χ0) is 7.98. The molecule has 3 heteroatoms. The number of hydrogen-bond donors (Lipinski definition) is 0. The van der Waals surface area contributed by atoms with Crippen molar-refractivity contribution >= 4 is 6.29 Å². The lowest BCUT2D eigenvalue weighted by molar-refractivity contribution is -0.118. The van der Waals surface area contributed by atoms with Crippen LogP contribution in [0.15, 0.2) is 0 Å². The van der Waals surface area contributed by atoms with Crippen LogP contribution in [0.3, 0.4) is 0 Å². The highest BCUT2D eigenvalue weighted by atomic mass is 16.5. The Morgan fingerprint density at radius 3 is 2.70 bits per heavy atom. The Morgan fingerprint density at radius 1 is 1.80 bits per heavy atom. The molecule has 0 aliphatic rings. The van der Waals surface area contributed by atoms with Gasteiger partial charge in [0.25, 0.3) is 0 Å². The number of carbonyl (C=O) groups excluding carboxylic acids is 1. The van der Waals surface area contributed by atoms with Crippen molar-refractivity contribution in [3.8, 4) is 6.07 Å². The first kappa shape index (κ1) is 9.12. The average Bonchev–Trinajstić information content (AvgIpc) is 1.91. The average molecular weight is 141 g/mol. The number of hydrogen-bond acceptors (Lipinski definition) is 3. The molecule has 0 fully saturated rings. The number of ether oxygens (including phenoxy) is 1. The second-order valence-electron chi connectivity index (χ2n) is 2.18. The minimum absolute atomic E-state index is 0.00694. The van der Waals surface area contributed by atoms with E-state index in [1.807, 2.05) is 13.0 Å². The van der Waals surface area contributed by atoms with E-state index in [-0.39, 0.29) is 5.92 Å². The molecule has 0 saturated carbocycles. The fourth-order valence-corrected chi connectivity index (χ4v) is 0.682. The van der Waals surface area contributed by atoms with E-state index in [1.54, 1.807) is 0 Å². The van der Waals surface area contributed by atoms with Gasteiger partial charge in [-0.15, -0.1) is 0 Å². The molecule has 56 valence electrons. The predicted molar refractivity (Wildman–Crippen MR) is 36.3 cm³/mol. The van der Waals surface area contributed by atoms with Crippen LogP contribution in [-0.4, -0.2) is 19.5 Å². The number of nitrogens with zero attached hydrogens (tertiary/aromatic N) is 1. The molecule has 0 N–H and O–H groups in total. The fraction of sp³-hybridized carbons (Fsp3) is 0.714. The quantitative estimate of drug-likeness (QED) is 0.543. The van der Waals surface area contributed by atoms with Gasteiger partial charge in [0.2, 0.25) is 0 Å². The van der Waals surface area contributed by atoms with Gasteiger partial charge in [0, 0.05) is 19.4 Å². The van der Waals surface area contributed by atoms with E-state index in [4.69, 9.17) is 10.00 Å². The second kappa shape index (κ2) is 4.95. The van der Waals surface area contributed by atoms with Gasteiger partial charge in [-0.05, 0) is 0 Å². The number of rotatable bonds is 4. The Kier molecular flexibility index (Phi) is 4.51. The summed E-state index contributed by atoms with van der Waals surface area (Å²) in [6, 6.07) is 1.98. The van der Waals surface area contributed by atoms with Gasteiger partial charge in [-0.25, -0.2) is 0 Å². The van der Waals surface area contributed by atoms with E-state index in [0.29, 0.717) is 6.42 Å². The molecular weight excluding hydrogens is 130 g/mol. The summed E-state index contributed by atoms with van der Waals surface area (Å²) in [6.45, 7) is 1.81. The van der Waals surface area contributed by atoms with Crippen molar-refractivity contribution in [3.05, 3.63) is 0 Å². The first-order valence-corrected chi connectivity index (χ1v) is 3.11. The van der Waals surface area contributed by atoms with E-state index < -0.39 is 6.10 Å². The standard InChI is InChI=1S/C7H11NO2/c1-6(3-4-8)7(5-9)10-2/h5-7H,3H2,1-2H3. The summed E-state index contributed by atoms with van der Waals surface area (Å²) in [5, 5.41) is 8.26. The molecular formula is C7H11NO2. The molecule has 10 heavy (non-hydrogen) atoms. The van der Waals surface area contributed by atoms with Gasteiger partial charge in [0.05, 0.1) is 6.07 Å². The van der Waals surface area contributed by atoms with E-state index >= 15 is 0 Å². The van der Waals surface area contributed by atoms with Crippen LogP contribution in [0.5, 0.6) is 0 Å². The van der Waals surface area contributed by atoms with E-state index in [0.717, 1.165) is 6.29 Å². The Hall–Kier alpha value is -0.880. The van der Waals surface area contributed by atoms with E-state index in [1.165, 1.54) is 7.11 Å². The second-order valence-corrected chi connectivity index (χ2v) is 2.18. The molecule has 0 aromatic rings. The summed E-state index contributed by atoms with van der Waals surface area (Å²) in [5.74, 6) is -0.00694. The third-order valence-electron chi connectivity index (χ3n) is 1.38. The topological polar surface area (TPSA) is 50.1 Å². The smallest absolute Gasteiger partial charge is 0.149 e. The molecule has 0 radical (unpaired) electrons. The van der Waals surface area contributed by atoms with Crippen LogP contribution in [0.25, 0.3) is 0 Å². The summed E-state index contributed by atoms with van der Waals surface area (Å²) in [5.41, 5.74) is 0. The molecule has 0 bridgehead atoms. The van der Waals surface area contributed by atoms with Gasteiger partial charge in [-0.2, -0.15) is 5.26 Å². The Bertz CT molecular complexity index is 139. The van der Waals surface area contributed by atoms with Gasteiger partial charge in [-0.3, -0.25) is 0 Å². The lowest BCUT2D eigenvalue weighted by Crippen LogP contribution is -2.21. The fourth-order valence-electron chi connectivity index (χ4n) is 0.682. The predicted octanol–water partition coefficient (Wildman–Crippen LogP) is 0.750. The molecule has 0 aliphatic heterocycles. The van der Waals surface area contributed by atoms with Gasteiger partial charge in [0.15, 0.2) is 0 Å². The molecule has 0 spiro atoms. The van der Waals surface area contributed by atoms with Crippen LogP contribution in [-0.2, 0) is 9.53 Å². The van der Waals surface area contributed by atoms with E-state index in [2.05, 4.69) is 0 Å². The van der Waals surface area contributed by atoms with Crippen molar-refractivity contribution in [2.24, 2.45) is 5.92 Å². The SMILES string of the molecule is COC(C=O)C(C)CC#N. The van der Waals surface area contributed by atoms with Crippen molar-refractivity contribution in [3.63, 3.8) is 0 Å². The number of nitriles is 1. The maximum Gasteiger partial charge on any atom is 0.149 e. The van der Waals surface area contributed by atoms with Gasteiger partial charge < -0.3 is 9.53 Å². The van der Waals surface area contributed by atoms with Crippen molar-refractivity contribution in [2.75, 3.05) is 7.11 Å². The molecule has 0 saturated heterocycles. The molecule has 0 aromatic heterocycles. The molecule has 0 rings (SSSR count). The lowest BCUT2D eigenvalue weighted by Gasteiger charge is -2.12. The minimum atomic E-state index is -0.431.